The number of halogens is 1. The molecule has 1 atom stereocenters. The topological polar surface area (TPSA) is 63.3 Å². The average Bonchev–Trinajstić information content (AvgIpc) is 1.81. The summed E-state index contributed by atoms with van der Waals surface area (Å²) in [7, 11) is 0. The minimum atomic E-state index is -0.760. The smallest absolute Gasteiger partial charge is 0.303 e. The van der Waals surface area contributed by atoms with Gasteiger partial charge in [0.2, 0.25) is 0 Å². The zero-order valence-corrected chi connectivity index (χ0v) is 7.73. The molecule has 0 saturated carbocycles. The summed E-state index contributed by atoms with van der Waals surface area (Å²) in [6, 6.07) is 0. The lowest BCUT2D eigenvalue weighted by Crippen LogP contribution is -2.22. The van der Waals surface area contributed by atoms with Crippen molar-refractivity contribution in [3.63, 3.8) is 0 Å². The van der Waals surface area contributed by atoms with Crippen LogP contribution in [0, 0.1) is 11.8 Å². The van der Waals surface area contributed by atoms with Gasteiger partial charge in [-0.3, -0.25) is 4.79 Å². The van der Waals surface area contributed by atoms with Gasteiger partial charge in [0.1, 0.15) is 0 Å². The molecule has 0 bridgehead atoms. The van der Waals surface area contributed by atoms with Gasteiger partial charge in [0, 0.05) is 6.42 Å². The molecule has 1 unspecified atom stereocenters. The zero-order chi connectivity index (χ0) is 8.15. The molecule has 0 saturated heterocycles. The molecule has 0 heterocycles. The van der Waals surface area contributed by atoms with E-state index in [-0.39, 0.29) is 24.7 Å². The van der Waals surface area contributed by atoms with Crippen LogP contribution in [0.5, 0.6) is 0 Å². The van der Waals surface area contributed by atoms with Crippen molar-refractivity contribution >= 4 is 18.4 Å². The Balaban J connectivity index is 0. The highest BCUT2D eigenvalue weighted by molar-refractivity contribution is 5.85. The van der Waals surface area contributed by atoms with Gasteiger partial charge in [0.15, 0.2) is 0 Å². The number of hydrogen-bond donors (Lipinski definition) is 2. The van der Waals surface area contributed by atoms with Crippen LogP contribution in [0.1, 0.15) is 20.3 Å². The molecule has 0 aromatic rings. The minimum absolute atomic E-state index is 0. The van der Waals surface area contributed by atoms with E-state index in [1.54, 1.807) is 0 Å². The van der Waals surface area contributed by atoms with Crippen LogP contribution in [0.4, 0.5) is 0 Å². The molecule has 0 spiro atoms. The molecule has 0 aliphatic heterocycles. The van der Waals surface area contributed by atoms with Crippen molar-refractivity contribution in [3.05, 3.63) is 0 Å². The Labute approximate surface area is 73.4 Å². The quantitative estimate of drug-likeness (QED) is 0.683. The van der Waals surface area contributed by atoms with E-state index in [4.69, 9.17) is 10.8 Å². The first kappa shape index (κ1) is 13.3. The Morgan fingerprint density at radius 1 is 1.55 bits per heavy atom. The maximum Gasteiger partial charge on any atom is 0.303 e. The second-order valence-electron chi connectivity index (χ2n) is 2.84. The fraction of sp³-hybridized carbons (Fsp3) is 0.857. The number of aliphatic carboxylic acids is 1. The van der Waals surface area contributed by atoms with E-state index in [0.29, 0.717) is 12.5 Å². The first-order valence-corrected chi connectivity index (χ1v) is 3.49. The molecule has 0 aliphatic carbocycles. The lowest BCUT2D eigenvalue weighted by Gasteiger charge is -2.15. The first-order chi connectivity index (χ1) is 4.57. The van der Waals surface area contributed by atoms with Gasteiger partial charge in [0.05, 0.1) is 0 Å². The number of carboxylic acids is 1. The summed E-state index contributed by atoms with van der Waals surface area (Å²) < 4.78 is 0. The summed E-state index contributed by atoms with van der Waals surface area (Å²) in [5.41, 5.74) is 5.36. The molecule has 3 nitrogen and oxygen atoms in total. The van der Waals surface area contributed by atoms with Crippen molar-refractivity contribution in [1.82, 2.24) is 0 Å². The lowest BCUT2D eigenvalue weighted by atomic mass is 9.93. The highest BCUT2D eigenvalue weighted by atomic mass is 35.5. The van der Waals surface area contributed by atoms with Gasteiger partial charge in [-0.25, -0.2) is 0 Å². The molecular weight excluding hydrogens is 166 g/mol. The number of nitrogens with two attached hydrogens (primary N) is 1. The third-order valence-corrected chi connectivity index (χ3v) is 1.68. The number of carbonyl (C=O) groups is 1. The van der Waals surface area contributed by atoms with Gasteiger partial charge in [-0.1, -0.05) is 13.8 Å². The Bertz CT molecular complexity index is 117. The summed E-state index contributed by atoms with van der Waals surface area (Å²) in [4.78, 5) is 10.2. The van der Waals surface area contributed by atoms with Crippen molar-refractivity contribution in [3.8, 4) is 0 Å². The molecule has 4 heteroatoms. The van der Waals surface area contributed by atoms with Gasteiger partial charge in [0.25, 0.3) is 0 Å². The average molecular weight is 182 g/mol. The van der Waals surface area contributed by atoms with Gasteiger partial charge in [-0.05, 0) is 18.4 Å². The van der Waals surface area contributed by atoms with Crippen molar-refractivity contribution in [1.29, 1.82) is 0 Å². The van der Waals surface area contributed by atoms with E-state index in [1.807, 2.05) is 13.8 Å². The highest BCUT2D eigenvalue weighted by Gasteiger charge is 2.14. The molecule has 0 aromatic carbocycles. The van der Waals surface area contributed by atoms with Crippen molar-refractivity contribution in [2.45, 2.75) is 20.3 Å². The summed E-state index contributed by atoms with van der Waals surface area (Å²) in [6.45, 7) is 4.44. The largest absolute Gasteiger partial charge is 0.481 e. The Morgan fingerprint density at radius 3 is 2.09 bits per heavy atom. The number of carboxylic acid groups (broad SMARTS) is 1. The molecule has 0 amide bonds. The van der Waals surface area contributed by atoms with Crippen LogP contribution in [0.2, 0.25) is 0 Å². The standard InChI is InChI=1S/C7H15NO2.ClH/c1-5(2)6(4-8)3-7(9)10;/h5-6H,3-4,8H2,1-2H3,(H,9,10);1H. The second kappa shape index (κ2) is 6.43. The summed E-state index contributed by atoms with van der Waals surface area (Å²) in [5.74, 6) is -0.275. The van der Waals surface area contributed by atoms with Crippen LogP contribution in [-0.4, -0.2) is 17.6 Å². The molecule has 11 heavy (non-hydrogen) atoms. The first-order valence-electron chi connectivity index (χ1n) is 3.49. The predicted octanol–water partition coefficient (Wildman–Crippen LogP) is 1.11. The van der Waals surface area contributed by atoms with Crippen molar-refractivity contribution in [2.75, 3.05) is 6.54 Å². The van der Waals surface area contributed by atoms with Crippen LogP contribution in [0.15, 0.2) is 0 Å². The lowest BCUT2D eigenvalue weighted by molar-refractivity contribution is -0.138. The van der Waals surface area contributed by atoms with E-state index >= 15 is 0 Å². The van der Waals surface area contributed by atoms with Crippen molar-refractivity contribution < 1.29 is 9.90 Å². The third kappa shape index (κ3) is 6.13. The van der Waals surface area contributed by atoms with Crippen molar-refractivity contribution in [2.24, 2.45) is 17.6 Å². The monoisotopic (exact) mass is 181 g/mol. The highest BCUT2D eigenvalue weighted by Crippen LogP contribution is 2.12. The van der Waals surface area contributed by atoms with E-state index in [0.717, 1.165) is 0 Å². The Morgan fingerprint density at radius 2 is 2.00 bits per heavy atom. The predicted molar refractivity (Wildman–Crippen MR) is 46.9 cm³/mol. The molecule has 0 aromatic heterocycles. The summed E-state index contributed by atoms with van der Waals surface area (Å²) in [6.07, 6.45) is 0.189. The normalized spacial score (nSPS) is 12.4. The van der Waals surface area contributed by atoms with Crippen LogP contribution >= 0.6 is 12.4 Å². The van der Waals surface area contributed by atoms with E-state index in [1.165, 1.54) is 0 Å². The number of hydrogen-bond acceptors (Lipinski definition) is 2. The fourth-order valence-electron chi connectivity index (χ4n) is 0.815. The van der Waals surface area contributed by atoms with Gasteiger partial charge in [-0.15, -0.1) is 12.4 Å². The fourth-order valence-corrected chi connectivity index (χ4v) is 0.815. The summed E-state index contributed by atoms with van der Waals surface area (Å²) >= 11 is 0. The third-order valence-electron chi connectivity index (χ3n) is 1.68. The van der Waals surface area contributed by atoms with E-state index in [2.05, 4.69) is 0 Å². The molecule has 68 valence electrons. The maximum absolute atomic E-state index is 10.2. The van der Waals surface area contributed by atoms with Crippen LogP contribution in [0.3, 0.4) is 0 Å². The van der Waals surface area contributed by atoms with Crippen LogP contribution in [0.25, 0.3) is 0 Å². The van der Waals surface area contributed by atoms with Gasteiger partial charge >= 0.3 is 5.97 Å². The van der Waals surface area contributed by atoms with Crippen LogP contribution in [-0.2, 0) is 4.79 Å². The summed E-state index contributed by atoms with van der Waals surface area (Å²) in [5, 5.41) is 8.41. The molecule has 3 N–H and O–H groups in total. The van der Waals surface area contributed by atoms with E-state index in [9.17, 15) is 4.79 Å². The maximum atomic E-state index is 10.2. The Hall–Kier alpha value is -0.280. The zero-order valence-electron chi connectivity index (χ0n) is 6.91. The molecule has 0 radical (unpaired) electrons. The molecule has 0 aliphatic rings. The molecule has 0 fully saturated rings. The second-order valence-corrected chi connectivity index (χ2v) is 2.84. The van der Waals surface area contributed by atoms with Gasteiger partial charge in [-0.2, -0.15) is 0 Å². The molecule has 0 rings (SSSR count). The number of rotatable bonds is 4. The van der Waals surface area contributed by atoms with Crippen LogP contribution < -0.4 is 5.73 Å². The molecular formula is C7H16ClNO2. The Kier molecular flexibility index (Phi) is 7.79. The van der Waals surface area contributed by atoms with E-state index < -0.39 is 5.97 Å². The SMILES string of the molecule is CC(C)C(CN)CC(=O)O.Cl. The van der Waals surface area contributed by atoms with Gasteiger partial charge < -0.3 is 10.8 Å². The minimum Gasteiger partial charge on any atom is -0.481 e.